The second-order valence-corrected chi connectivity index (χ2v) is 16.1. The van der Waals surface area contributed by atoms with Crippen LogP contribution in [-0.2, 0) is 14.4 Å². The highest BCUT2D eigenvalue weighted by Crippen LogP contribution is 2.36. The fourth-order valence-electron chi connectivity index (χ4n) is 7.34. The van der Waals surface area contributed by atoms with Crippen molar-refractivity contribution in [3.63, 3.8) is 0 Å². The zero-order chi connectivity index (χ0) is 34.6. The van der Waals surface area contributed by atoms with Gasteiger partial charge in [0.25, 0.3) is 0 Å². The quantitative estimate of drug-likeness (QED) is 0.298. The number of nitrogens with one attached hydrogen (secondary N) is 3. The van der Waals surface area contributed by atoms with Crippen LogP contribution in [0.1, 0.15) is 83.5 Å². The number of nitrogens with zero attached hydrogens (tertiary/aromatic N) is 3. The summed E-state index contributed by atoms with van der Waals surface area (Å²) in [6, 6.07) is 5.87. The highest BCUT2D eigenvalue weighted by atomic mass is 32.1. The van der Waals surface area contributed by atoms with Gasteiger partial charge in [-0.3, -0.25) is 19.3 Å². The molecule has 5 rings (SSSR count). The van der Waals surface area contributed by atoms with Crippen molar-refractivity contribution in [3.8, 4) is 10.4 Å². The average Bonchev–Trinajstić information content (AvgIpc) is 3.66. The van der Waals surface area contributed by atoms with Crippen LogP contribution in [0.5, 0.6) is 0 Å². The van der Waals surface area contributed by atoms with Gasteiger partial charge in [-0.2, -0.15) is 0 Å². The minimum Gasteiger partial charge on any atom is -0.391 e. The van der Waals surface area contributed by atoms with Crippen molar-refractivity contribution in [2.75, 3.05) is 39.3 Å². The van der Waals surface area contributed by atoms with Crippen LogP contribution in [0, 0.1) is 18.3 Å². The Hall–Kier alpha value is -2.93. The number of amides is 3. The Kier molecular flexibility index (Phi) is 11.6. The van der Waals surface area contributed by atoms with Gasteiger partial charge < -0.3 is 26.0 Å². The molecule has 4 heterocycles. The van der Waals surface area contributed by atoms with Gasteiger partial charge in [0.15, 0.2) is 0 Å². The molecule has 48 heavy (non-hydrogen) atoms. The van der Waals surface area contributed by atoms with Gasteiger partial charge in [0.2, 0.25) is 17.7 Å². The molecule has 3 aliphatic heterocycles. The number of alkyl halides is 1. The molecule has 0 radical (unpaired) electrons. The summed E-state index contributed by atoms with van der Waals surface area (Å²) in [6.45, 7) is 12.5. The molecule has 1 aromatic carbocycles. The first-order chi connectivity index (χ1) is 22.7. The van der Waals surface area contributed by atoms with E-state index >= 15 is 4.39 Å². The molecule has 3 aliphatic rings. The van der Waals surface area contributed by atoms with Crippen LogP contribution in [0.25, 0.3) is 10.4 Å². The number of β-amino-alcohol motifs (C(OH)–C–C–N with tert-alkyl or cyclic N) is 1. The van der Waals surface area contributed by atoms with Crippen molar-refractivity contribution in [2.45, 2.75) is 103 Å². The average molecular weight is 685 g/mol. The maximum absolute atomic E-state index is 15.7. The normalized spacial score (nSPS) is 23.4. The summed E-state index contributed by atoms with van der Waals surface area (Å²) in [5, 5.41) is 19.9. The zero-order valence-corrected chi connectivity index (χ0v) is 29.9. The lowest BCUT2D eigenvalue weighted by Crippen LogP contribution is -2.59. The first-order valence-corrected chi connectivity index (χ1v) is 18.3. The van der Waals surface area contributed by atoms with Crippen molar-refractivity contribution in [3.05, 3.63) is 41.0 Å². The van der Waals surface area contributed by atoms with E-state index in [0.29, 0.717) is 38.3 Å². The van der Waals surface area contributed by atoms with Crippen molar-refractivity contribution in [1.82, 2.24) is 30.7 Å². The number of hydrogen-bond donors (Lipinski definition) is 4. The fraction of sp³-hybridized carbons (Fsp3) is 0.667. The van der Waals surface area contributed by atoms with Gasteiger partial charge in [-0.15, -0.1) is 11.3 Å². The molecule has 2 aromatic rings. The van der Waals surface area contributed by atoms with E-state index in [-0.39, 0.29) is 37.4 Å². The summed E-state index contributed by atoms with van der Waals surface area (Å²) in [5.74, 6) is -0.637. The van der Waals surface area contributed by atoms with E-state index < -0.39 is 35.2 Å². The number of aliphatic hydroxyl groups is 1. The van der Waals surface area contributed by atoms with Crippen LogP contribution in [0.3, 0.4) is 0 Å². The number of aryl methyl sites for hydroxylation is 1. The van der Waals surface area contributed by atoms with Crippen LogP contribution < -0.4 is 16.0 Å². The number of aromatic nitrogens is 1. The number of hydrogen-bond acceptors (Lipinski definition) is 8. The molecule has 3 amide bonds. The number of halogens is 1. The molecular formula is C36H53FN6O4S. The summed E-state index contributed by atoms with van der Waals surface area (Å²) in [5.41, 5.74) is 2.93. The van der Waals surface area contributed by atoms with Crippen molar-refractivity contribution < 1.29 is 23.9 Å². The molecule has 3 saturated heterocycles. The highest BCUT2D eigenvalue weighted by Gasteiger charge is 2.45. The van der Waals surface area contributed by atoms with Gasteiger partial charge in [0.1, 0.15) is 17.8 Å². The van der Waals surface area contributed by atoms with E-state index in [0.717, 1.165) is 47.6 Å². The highest BCUT2D eigenvalue weighted by molar-refractivity contribution is 7.13. The zero-order valence-electron chi connectivity index (χ0n) is 29.1. The molecule has 0 spiro atoms. The van der Waals surface area contributed by atoms with Gasteiger partial charge in [-0.05, 0) is 81.5 Å². The summed E-state index contributed by atoms with van der Waals surface area (Å²) in [7, 11) is 0. The third-order valence-corrected chi connectivity index (χ3v) is 11.3. The second-order valence-electron chi connectivity index (χ2n) is 15.2. The number of carbonyl (C=O) groups excluding carboxylic acids is 3. The predicted molar refractivity (Wildman–Crippen MR) is 186 cm³/mol. The number of aliphatic hydroxyl groups excluding tert-OH is 1. The number of thiazole rings is 1. The monoisotopic (exact) mass is 684 g/mol. The van der Waals surface area contributed by atoms with Crippen LogP contribution in [0.2, 0.25) is 0 Å². The molecule has 1 aromatic heterocycles. The standard InChI is InChI=1S/C36H53FN6O4S/c1-23(26-6-8-27(9-7-26)31-24(2)39-22-48-31)40-33(46)29-18-28(44)20-43(29)34(47)32(35(3,4)5)41-30(45)21-42-16-12-36(37,13-17-42)19-25-10-14-38-15-11-25/h6-9,22-23,25,28-29,32,38,44H,10-21H2,1-5H3,(H,40,46)(H,41,45)/t23?,28-,29+,32?/m1/s1. The molecule has 264 valence electrons. The van der Waals surface area contributed by atoms with Crippen LogP contribution in [0.15, 0.2) is 29.8 Å². The van der Waals surface area contributed by atoms with Crippen LogP contribution in [0.4, 0.5) is 4.39 Å². The minimum absolute atomic E-state index is 0.0123. The Morgan fingerprint density at radius 1 is 1.12 bits per heavy atom. The largest absolute Gasteiger partial charge is 0.391 e. The predicted octanol–water partition coefficient (Wildman–Crippen LogP) is 3.98. The smallest absolute Gasteiger partial charge is 0.246 e. The summed E-state index contributed by atoms with van der Waals surface area (Å²) < 4.78 is 15.7. The maximum Gasteiger partial charge on any atom is 0.246 e. The Morgan fingerprint density at radius 3 is 2.40 bits per heavy atom. The Balaban J connectivity index is 1.17. The molecule has 0 aliphatic carbocycles. The molecule has 4 N–H and O–H groups in total. The maximum atomic E-state index is 15.7. The Labute approximate surface area is 288 Å². The third kappa shape index (κ3) is 8.99. The second kappa shape index (κ2) is 15.3. The molecule has 3 fully saturated rings. The number of rotatable bonds is 10. The van der Waals surface area contributed by atoms with Gasteiger partial charge in [-0.1, -0.05) is 45.0 Å². The molecule has 10 nitrogen and oxygen atoms in total. The van der Waals surface area contributed by atoms with Crippen LogP contribution >= 0.6 is 11.3 Å². The van der Waals surface area contributed by atoms with E-state index in [1.165, 1.54) is 4.90 Å². The molecule has 0 bridgehead atoms. The number of benzene rings is 1. The van der Waals surface area contributed by atoms with E-state index in [4.69, 9.17) is 0 Å². The van der Waals surface area contributed by atoms with Gasteiger partial charge in [0.05, 0.1) is 34.8 Å². The lowest BCUT2D eigenvalue weighted by molar-refractivity contribution is -0.144. The van der Waals surface area contributed by atoms with Crippen LogP contribution in [-0.4, -0.2) is 101 Å². The minimum atomic E-state index is -1.19. The number of likely N-dealkylation sites (tertiary alicyclic amines) is 2. The summed E-state index contributed by atoms with van der Waals surface area (Å²) in [6.07, 6.45) is 2.69. The number of piperidine rings is 2. The van der Waals surface area contributed by atoms with E-state index in [1.807, 2.05) is 69.3 Å². The molecule has 2 unspecified atom stereocenters. The van der Waals surface area contributed by atoms with Gasteiger partial charge in [-0.25, -0.2) is 9.37 Å². The van der Waals surface area contributed by atoms with E-state index in [9.17, 15) is 19.5 Å². The number of carbonyl (C=O) groups is 3. The first-order valence-electron chi connectivity index (χ1n) is 17.4. The molecule has 4 atom stereocenters. The third-order valence-electron chi connectivity index (χ3n) is 10.3. The SMILES string of the molecule is Cc1ncsc1-c1ccc(C(C)NC(=O)[C@@H]2C[C@@H](O)CN2C(=O)C(NC(=O)CN2CCC(F)(CC3CCNCC3)CC2)C(C)(C)C)cc1. The van der Waals surface area contributed by atoms with Crippen molar-refractivity contribution in [1.29, 1.82) is 0 Å². The van der Waals surface area contributed by atoms with E-state index in [2.05, 4.69) is 20.9 Å². The van der Waals surface area contributed by atoms with Crippen molar-refractivity contribution in [2.24, 2.45) is 11.3 Å². The first kappa shape index (κ1) is 36.4. The Bertz CT molecular complexity index is 1410. The fourth-order valence-corrected chi connectivity index (χ4v) is 8.16. The topological polar surface area (TPSA) is 127 Å². The summed E-state index contributed by atoms with van der Waals surface area (Å²) in [4.78, 5) is 49.7. The Morgan fingerprint density at radius 2 is 1.79 bits per heavy atom. The molecule has 0 saturated carbocycles. The van der Waals surface area contributed by atoms with Gasteiger partial charge in [0, 0.05) is 26.1 Å². The van der Waals surface area contributed by atoms with E-state index in [1.54, 1.807) is 11.3 Å². The van der Waals surface area contributed by atoms with Crippen molar-refractivity contribution >= 4 is 29.1 Å². The molecule has 12 heteroatoms. The lowest BCUT2D eigenvalue weighted by Gasteiger charge is -2.39. The molecular weight excluding hydrogens is 631 g/mol. The summed E-state index contributed by atoms with van der Waals surface area (Å²) >= 11 is 1.58. The lowest BCUT2D eigenvalue weighted by atomic mass is 9.81. The van der Waals surface area contributed by atoms with Gasteiger partial charge >= 0.3 is 0 Å².